The normalized spacial score (nSPS) is 18.6. The number of nitrogens with zero attached hydrogens (tertiary/aromatic N) is 1. The van der Waals surface area contributed by atoms with E-state index in [0.717, 1.165) is 17.7 Å². The molecule has 0 bridgehead atoms. The molecule has 1 unspecified atom stereocenters. The van der Waals surface area contributed by atoms with Gasteiger partial charge in [-0.1, -0.05) is 30.3 Å². The number of likely N-dealkylation sites (tertiary alicyclic amines) is 1. The van der Waals surface area contributed by atoms with Crippen LogP contribution in [-0.4, -0.2) is 47.5 Å². The molecular formula is C21H24F3NO3. The second-order valence-electron chi connectivity index (χ2n) is 7.19. The molecule has 2 N–H and O–H groups in total. The topological polar surface area (TPSA) is 52.9 Å². The molecule has 1 saturated heterocycles. The Hall–Kier alpha value is -2.09. The van der Waals surface area contributed by atoms with E-state index in [2.05, 4.69) is 4.90 Å². The van der Waals surface area contributed by atoms with Crippen molar-refractivity contribution in [1.29, 1.82) is 0 Å². The van der Waals surface area contributed by atoms with Gasteiger partial charge < -0.3 is 19.8 Å². The quantitative estimate of drug-likeness (QED) is 0.787. The van der Waals surface area contributed by atoms with Crippen molar-refractivity contribution in [3.63, 3.8) is 0 Å². The Labute approximate surface area is 162 Å². The summed E-state index contributed by atoms with van der Waals surface area (Å²) in [6.07, 6.45) is -4.01. The molecule has 2 aromatic carbocycles. The zero-order valence-corrected chi connectivity index (χ0v) is 15.4. The summed E-state index contributed by atoms with van der Waals surface area (Å²) in [6.45, 7) is 1.65. The number of aliphatic hydroxyl groups excluding tert-OH is 1. The predicted molar refractivity (Wildman–Crippen MR) is 99.0 cm³/mol. The Morgan fingerprint density at radius 1 is 1.00 bits per heavy atom. The maximum absolute atomic E-state index is 12.6. The lowest BCUT2D eigenvalue weighted by Crippen LogP contribution is -2.46. The molecule has 1 aliphatic heterocycles. The van der Waals surface area contributed by atoms with Gasteiger partial charge in [0.15, 0.2) is 0 Å². The molecule has 152 valence electrons. The summed E-state index contributed by atoms with van der Waals surface area (Å²) in [7, 11) is 0. The van der Waals surface area contributed by atoms with Gasteiger partial charge in [0, 0.05) is 19.6 Å². The highest BCUT2D eigenvalue weighted by molar-refractivity contribution is 5.29. The van der Waals surface area contributed by atoms with E-state index in [1.165, 1.54) is 12.1 Å². The van der Waals surface area contributed by atoms with Crippen LogP contribution in [0.25, 0.3) is 0 Å². The van der Waals surface area contributed by atoms with Gasteiger partial charge in [0.25, 0.3) is 0 Å². The van der Waals surface area contributed by atoms with E-state index in [9.17, 15) is 23.4 Å². The summed E-state index contributed by atoms with van der Waals surface area (Å²) in [6, 6.07) is 14.0. The predicted octanol–water partition coefficient (Wildman–Crippen LogP) is 3.43. The number of halogens is 3. The van der Waals surface area contributed by atoms with Crippen molar-refractivity contribution in [3.8, 4) is 5.75 Å². The number of hydrogen-bond donors (Lipinski definition) is 2. The summed E-state index contributed by atoms with van der Waals surface area (Å²) in [5, 5.41) is 21.0. The summed E-state index contributed by atoms with van der Waals surface area (Å²) in [5.41, 5.74) is -0.681. The first-order valence-corrected chi connectivity index (χ1v) is 9.25. The Bertz CT molecular complexity index is 742. The number of rotatable bonds is 6. The second kappa shape index (κ2) is 8.51. The lowest BCUT2D eigenvalue weighted by atomic mass is 9.84. The van der Waals surface area contributed by atoms with E-state index < -0.39 is 23.4 Å². The van der Waals surface area contributed by atoms with Crippen LogP contribution in [0.4, 0.5) is 13.2 Å². The van der Waals surface area contributed by atoms with Crippen LogP contribution in [0.5, 0.6) is 5.75 Å². The van der Waals surface area contributed by atoms with Crippen LogP contribution in [0.3, 0.4) is 0 Å². The molecule has 2 aromatic rings. The third-order valence-corrected chi connectivity index (χ3v) is 5.09. The van der Waals surface area contributed by atoms with Crippen LogP contribution in [-0.2, 0) is 11.8 Å². The smallest absolute Gasteiger partial charge is 0.416 e. The fraction of sp³-hybridized carbons (Fsp3) is 0.429. The second-order valence-corrected chi connectivity index (χ2v) is 7.19. The van der Waals surface area contributed by atoms with E-state index in [0.29, 0.717) is 32.5 Å². The summed E-state index contributed by atoms with van der Waals surface area (Å²) >= 11 is 0. The molecule has 7 heteroatoms. The lowest BCUT2D eigenvalue weighted by molar-refractivity contribution is -0.137. The Kier molecular flexibility index (Phi) is 6.27. The molecule has 28 heavy (non-hydrogen) atoms. The van der Waals surface area contributed by atoms with Crippen molar-refractivity contribution in [2.24, 2.45) is 0 Å². The highest BCUT2D eigenvalue weighted by atomic mass is 19.4. The van der Waals surface area contributed by atoms with E-state index in [1.54, 1.807) is 0 Å². The van der Waals surface area contributed by atoms with Gasteiger partial charge in [-0.3, -0.25) is 0 Å². The third-order valence-electron chi connectivity index (χ3n) is 5.09. The first-order chi connectivity index (χ1) is 13.3. The Morgan fingerprint density at radius 2 is 1.61 bits per heavy atom. The summed E-state index contributed by atoms with van der Waals surface area (Å²) in [4.78, 5) is 2.05. The zero-order valence-electron chi connectivity index (χ0n) is 15.4. The monoisotopic (exact) mass is 395 g/mol. The summed E-state index contributed by atoms with van der Waals surface area (Å²) < 4.78 is 43.1. The Balaban J connectivity index is 1.44. The molecule has 0 spiro atoms. The number of aliphatic hydroxyl groups is 2. The van der Waals surface area contributed by atoms with Gasteiger partial charge in [-0.2, -0.15) is 13.2 Å². The molecule has 0 amide bonds. The molecule has 0 radical (unpaired) electrons. The van der Waals surface area contributed by atoms with Gasteiger partial charge in [-0.15, -0.1) is 0 Å². The minimum atomic E-state index is -4.38. The molecule has 1 heterocycles. The van der Waals surface area contributed by atoms with Crippen molar-refractivity contribution in [2.45, 2.75) is 30.7 Å². The number of alkyl halides is 3. The van der Waals surface area contributed by atoms with Crippen LogP contribution in [0.15, 0.2) is 54.6 Å². The number of hydrogen-bond acceptors (Lipinski definition) is 4. The SMILES string of the molecule is OC(COc1ccc(C(F)(F)F)cc1)CN1CCC(O)(c2ccccc2)CC1. The fourth-order valence-electron chi connectivity index (χ4n) is 3.43. The molecule has 0 saturated carbocycles. The van der Waals surface area contributed by atoms with Crippen molar-refractivity contribution >= 4 is 0 Å². The minimum Gasteiger partial charge on any atom is -0.491 e. The largest absolute Gasteiger partial charge is 0.491 e. The highest BCUT2D eigenvalue weighted by Crippen LogP contribution is 2.33. The van der Waals surface area contributed by atoms with Gasteiger partial charge in [0.2, 0.25) is 0 Å². The van der Waals surface area contributed by atoms with Crippen molar-refractivity contribution in [3.05, 3.63) is 65.7 Å². The van der Waals surface area contributed by atoms with Crippen LogP contribution < -0.4 is 4.74 Å². The van der Waals surface area contributed by atoms with E-state index in [4.69, 9.17) is 4.74 Å². The van der Waals surface area contributed by atoms with Crippen LogP contribution in [0.1, 0.15) is 24.0 Å². The minimum absolute atomic E-state index is 0.00911. The van der Waals surface area contributed by atoms with Gasteiger partial charge in [-0.05, 0) is 42.7 Å². The maximum atomic E-state index is 12.6. The fourth-order valence-corrected chi connectivity index (χ4v) is 3.43. The van der Waals surface area contributed by atoms with Gasteiger partial charge in [0.05, 0.1) is 11.2 Å². The van der Waals surface area contributed by atoms with Crippen molar-refractivity contribution in [1.82, 2.24) is 4.90 Å². The number of benzene rings is 2. The first-order valence-electron chi connectivity index (χ1n) is 9.25. The van der Waals surface area contributed by atoms with Crippen molar-refractivity contribution < 1.29 is 28.1 Å². The third kappa shape index (κ3) is 5.25. The maximum Gasteiger partial charge on any atom is 0.416 e. The van der Waals surface area contributed by atoms with Gasteiger partial charge >= 0.3 is 6.18 Å². The van der Waals surface area contributed by atoms with E-state index >= 15 is 0 Å². The molecule has 0 aromatic heterocycles. The lowest BCUT2D eigenvalue weighted by Gasteiger charge is -2.39. The van der Waals surface area contributed by atoms with Gasteiger partial charge in [0.1, 0.15) is 18.5 Å². The van der Waals surface area contributed by atoms with Crippen LogP contribution in [0.2, 0.25) is 0 Å². The molecule has 3 rings (SSSR count). The zero-order chi connectivity index (χ0) is 20.2. The standard InChI is InChI=1S/C21H24F3NO3/c22-21(23,24)17-6-8-19(9-7-17)28-15-18(26)14-25-12-10-20(27,11-13-25)16-4-2-1-3-5-16/h1-9,18,26-27H,10-15H2. The number of piperidine rings is 1. The van der Waals surface area contributed by atoms with Crippen molar-refractivity contribution in [2.75, 3.05) is 26.2 Å². The number of β-amino-alcohol motifs (C(OH)–C–C–N with tert-alkyl or cyclic N) is 1. The average molecular weight is 395 g/mol. The van der Waals surface area contributed by atoms with E-state index in [1.807, 2.05) is 30.3 Å². The molecule has 1 aliphatic rings. The first kappa shape index (κ1) is 20.6. The molecule has 1 atom stereocenters. The average Bonchev–Trinajstić information content (AvgIpc) is 2.69. The Morgan fingerprint density at radius 3 is 2.18 bits per heavy atom. The molecule has 1 fully saturated rings. The molecule has 4 nitrogen and oxygen atoms in total. The highest BCUT2D eigenvalue weighted by Gasteiger charge is 2.34. The number of ether oxygens (including phenoxy) is 1. The van der Waals surface area contributed by atoms with Gasteiger partial charge in [-0.25, -0.2) is 0 Å². The van der Waals surface area contributed by atoms with Crippen LogP contribution in [0, 0.1) is 0 Å². The molecular weight excluding hydrogens is 371 g/mol. The van der Waals surface area contributed by atoms with E-state index in [-0.39, 0.29) is 12.4 Å². The van der Waals surface area contributed by atoms with Crippen LogP contribution >= 0.6 is 0 Å². The molecule has 0 aliphatic carbocycles. The summed E-state index contributed by atoms with van der Waals surface area (Å²) in [5.74, 6) is 0.282.